The molecule has 5 nitrogen and oxygen atoms in total. The largest absolute Gasteiger partial charge is 0.369 e. The van der Waals surface area contributed by atoms with Gasteiger partial charge in [0.05, 0.1) is 6.04 Å². The van der Waals surface area contributed by atoms with Gasteiger partial charge >= 0.3 is 0 Å². The van der Waals surface area contributed by atoms with Crippen molar-refractivity contribution in [3.05, 3.63) is 28.5 Å². The molecule has 1 aromatic rings. The average Bonchev–Trinajstić information content (AvgIpc) is 3.10. The lowest BCUT2D eigenvalue weighted by atomic mass is 10.0. The number of nitrogens with two attached hydrogens (primary N) is 1. The normalized spacial score (nSPS) is 17.9. The van der Waals surface area contributed by atoms with Gasteiger partial charge in [0.15, 0.2) is 0 Å². The zero-order chi connectivity index (χ0) is 13.3. The molecule has 0 radical (unpaired) electrons. The van der Waals surface area contributed by atoms with Crippen LogP contribution in [0.3, 0.4) is 0 Å². The highest BCUT2D eigenvalue weighted by Gasteiger charge is 2.55. The number of nitrogens with zero attached hydrogens (tertiary/aromatic N) is 1. The summed E-state index contributed by atoms with van der Waals surface area (Å²) in [5.41, 5.74) is 5.16. The fourth-order valence-corrected chi connectivity index (χ4v) is 2.01. The first-order valence-corrected chi connectivity index (χ1v) is 6.47. The maximum absolute atomic E-state index is 12.0. The highest BCUT2D eigenvalue weighted by atomic mass is 79.9. The first-order valence-electron chi connectivity index (χ1n) is 5.68. The fraction of sp³-hybridized carbons (Fsp3) is 0.417. The van der Waals surface area contributed by atoms with Crippen molar-refractivity contribution in [2.45, 2.75) is 25.8 Å². The Morgan fingerprint density at radius 2 is 2.17 bits per heavy atom. The van der Waals surface area contributed by atoms with Crippen LogP contribution in [0.5, 0.6) is 0 Å². The van der Waals surface area contributed by atoms with Crippen LogP contribution in [0.15, 0.2) is 22.9 Å². The lowest BCUT2D eigenvalue weighted by molar-refractivity contribution is -0.135. The second kappa shape index (κ2) is 4.68. The summed E-state index contributed by atoms with van der Waals surface area (Å²) in [5, 5.41) is 2.80. The molecule has 1 aromatic heterocycles. The van der Waals surface area contributed by atoms with Crippen molar-refractivity contribution in [3.8, 4) is 0 Å². The number of pyridine rings is 1. The van der Waals surface area contributed by atoms with E-state index < -0.39 is 11.3 Å². The Balaban J connectivity index is 2.04. The minimum absolute atomic E-state index is 0.199. The van der Waals surface area contributed by atoms with Gasteiger partial charge in [-0.3, -0.25) is 9.59 Å². The van der Waals surface area contributed by atoms with Gasteiger partial charge in [0.2, 0.25) is 11.8 Å². The quantitative estimate of drug-likeness (QED) is 0.649. The summed E-state index contributed by atoms with van der Waals surface area (Å²) in [6, 6.07) is 3.47. The van der Waals surface area contributed by atoms with Crippen LogP contribution >= 0.6 is 15.9 Å². The molecular weight excluding hydrogens is 298 g/mol. The van der Waals surface area contributed by atoms with E-state index >= 15 is 0 Å². The van der Waals surface area contributed by atoms with Gasteiger partial charge in [-0.2, -0.15) is 0 Å². The Bertz CT molecular complexity index is 483. The zero-order valence-electron chi connectivity index (χ0n) is 9.94. The Morgan fingerprint density at radius 3 is 2.61 bits per heavy atom. The number of rotatable bonds is 4. The van der Waals surface area contributed by atoms with E-state index in [-0.39, 0.29) is 11.9 Å². The van der Waals surface area contributed by atoms with E-state index in [1.165, 1.54) is 0 Å². The van der Waals surface area contributed by atoms with Crippen molar-refractivity contribution in [2.24, 2.45) is 11.1 Å². The summed E-state index contributed by atoms with van der Waals surface area (Å²) < 4.78 is 0.737. The van der Waals surface area contributed by atoms with Gasteiger partial charge in [-0.1, -0.05) is 6.07 Å². The molecule has 0 aliphatic heterocycles. The number of primary amides is 1. The number of hydrogen-bond donors (Lipinski definition) is 2. The van der Waals surface area contributed by atoms with Gasteiger partial charge < -0.3 is 11.1 Å². The number of amides is 2. The summed E-state index contributed by atoms with van der Waals surface area (Å²) in [6.07, 6.45) is 2.76. The minimum Gasteiger partial charge on any atom is -0.369 e. The van der Waals surface area contributed by atoms with Crippen LogP contribution in [0, 0.1) is 5.41 Å². The molecule has 0 spiro atoms. The van der Waals surface area contributed by atoms with Crippen molar-refractivity contribution >= 4 is 27.7 Å². The number of aromatic nitrogens is 1. The number of carbonyl (C=O) groups is 2. The van der Waals surface area contributed by atoms with Gasteiger partial charge in [-0.05, 0) is 47.3 Å². The molecule has 6 heteroatoms. The summed E-state index contributed by atoms with van der Waals surface area (Å²) in [7, 11) is 0. The van der Waals surface area contributed by atoms with E-state index in [9.17, 15) is 9.59 Å². The van der Waals surface area contributed by atoms with Crippen molar-refractivity contribution in [1.82, 2.24) is 10.3 Å². The van der Waals surface area contributed by atoms with E-state index in [1.54, 1.807) is 12.3 Å². The highest BCUT2D eigenvalue weighted by Crippen LogP contribution is 2.45. The van der Waals surface area contributed by atoms with E-state index in [0.29, 0.717) is 12.8 Å². The molecule has 1 saturated carbocycles. The molecule has 1 aliphatic carbocycles. The molecule has 1 fully saturated rings. The molecule has 2 amide bonds. The van der Waals surface area contributed by atoms with Crippen molar-refractivity contribution in [3.63, 3.8) is 0 Å². The maximum Gasteiger partial charge on any atom is 0.236 e. The SMILES string of the molecule is C[C@@H](NC(=O)C1(C(N)=O)CC1)c1ccc(Br)nc1. The fourth-order valence-electron chi connectivity index (χ4n) is 1.77. The third-order valence-corrected chi connectivity index (χ3v) is 3.72. The van der Waals surface area contributed by atoms with Gasteiger partial charge in [0.1, 0.15) is 10.0 Å². The summed E-state index contributed by atoms with van der Waals surface area (Å²) in [4.78, 5) is 27.3. The van der Waals surface area contributed by atoms with Crippen molar-refractivity contribution in [2.75, 3.05) is 0 Å². The lowest BCUT2D eigenvalue weighted by Crippen LogP contribution is -2.41. The molecule has 18 heavy (non-hydrogen) atoms. The molecule has 0 bridgehead atoms. The number of halogens is 1. The predicted octanol–water partition coefficient (Wildman–Crippen LogP) is 1.29. The van der Waals surface area contributed by atoms with Gasteiger partial charge in [-0.25, -0.2) is 4.98 Å². The Kier molecular flexibility index (Phi) is 3.38. The van der Waals surface area contributed by atoms with Gasteiger partial charge in [-0.15, -0.1) is 0 Å². The zero-order valence-corrected chi connectivity index (χ0v) is 11.5. The van der Waals surface area contributed by atoms with Crippen LogP contribution < -0.4 is 11.1 Å². The van der Waals surface area contributed by atoms with E-state index in [0.717, 1.165) is 10.2 Å². The second-order valence-electron chi connectivity index (χ2n) is 4.56. The first kappa shape index (κ1) is 13.0. The van der Waals surface area contributed by atoms with Gasteiger partial charge in [0, 0.05) is 6.20 Å². The van der Waals surface area contributed by atoms with Crippen LogP contribution in [-0.2, 0) is 9.59 Å². The van der Waals surface area contributed by atoms with Crippen LogP contribution in [0.2, 0.25) is 0 Å². The summed E-state index contributed by atoms with van der Waals surface area (Å²) in [5.74, 6) is -0.827. The topological polar surface area (TPSA) is 85.1 Å². The molecule has 1 atom stereocenters. The molecule has 0 saturated heterocycles. The molecule has 0 unspecified atom stereocenters. The lowest BCUT2D eigenvalue weighted by Gasteiger charge is -2.17. The summed E-state index contributed by atoms with van der Waals surface area (Å²) in [6.45, 7) is 1.85. The Hall–Kier alpha value is -1.43. The highest BCUT2D eigenvalue weighted by molar-refractivity contribution is 9.10. The molecular formula is C12H14BrN3O2. The molecule has 96 valence electrons. The molecule has 1 aliphatic rings. The Labute approximate surface area is 113 Å². The predicted molar refractivity (Wildman–Crippen MR) is 69.4 cm³/mol. The van der Waals surface area contributed by atoms with E-state index in [1.807, 2.05) is 13.0 Å². The number of carbonyl (C=O) groups excluding carboxylic acids is 2. The van der Waals surface area contributed by atoms with Crippen molar-refractivity contribution < 1.29 is 9.59 Å². The maximum atomic E-state index is 12.0. The second-order valence-corrected chi connectivity index (χ2v) is 5.37. The molecule has 1 heterocycles. The monoisotopic (exact) mass is 311 g/mol. The smallest absolute Gasteiger partial charge is 0.236 e. The minimum atomic E-state index is -0.975. The van der Waals surface area contributed by atoms with Crippen LogP contribution in [0.25, 0.3) is 0 Å². The van der Waals surface area contributed by atoms with Gasteiger partial charge in [0.25, 0.3) is 0 Å². The molecule has 2 rings (SSSR count). The standard InChI is InChI=1S/C12H14BrN3O2/c1-7(8-2-3-9(13)15-6-8)16-11(18)12(4-5-12)10(14)17/h2-3,6-7H,4-5H2,1H3,(H2,14,17)(H,16,18)/t7-/m1/s1. The number of hydrogen-bond acceptors (Lipinski definition) is 3. The van der Waals surface area contributed by atoms with Crippen LogP contribution in [0.4, 0.5) is 0 Å². The van der Waals surface area contributed by atoms with Crippen molar-refractivity contribution in [1.29, 1.82) is 0 Å². The molecule has 0 aromatic carbocycles. The third kappa shape index (κ3) is 2.38. The third-order valence-electron chi connectivity index (χ3n) is 3.25. The van der Waals surface area contributed by atoms with E-state index in [4.69, 9.17) is 5.73 Å². The van der Waals surface area contributed by atoms with Crippen LogP contribution in [0.1, 0.15) is 31.4 Å². The Morgan fingerprint density at radius 1 is 1.50 bits per heavy atom. The molecule has 3 N–H and O–H groups in total. The van der Waals surface area contributed by atoms with Crippen LogP contribution in [-0.4, -0.2) is 16.8 Å². The summed E-state index contributed by atoms with van der Waals surface area (Å²) >= 11 is 3.25. The number of nitrogens with one attached hydrogen (secondary N) is 1. The average molecular weight is 312 g/mol. The van der Waals surface area contributed by atoms with E-state index in [2.05, 4.69) is 26.2 Å². The first-order chi connectivity index (χ1) is 8.45.